The van der Waals surface area contributed by atoms with Crippen LogP contribution in [0.4, 0.5) is 5.69 Å². The quantitative estimate of drug-likeness (QED) is 0.583. The van der Waals surface area contributed by atoms with E-state index in [0.29, 0.717) is 0 Å². The zero-order valence-electron chi connectivity index (χ0n) is 14.1. The first-order valence-electron chi connectivity index (χ1n) is 7.48. The molecule has 9 heteroatoms. The second-order valence-corrected chi connectivity index (χ2v) is 8.29. The summed E-state index contributed by atoms with van der Waals surface area (Å²) in [6.45, 7) is 1.52. The minimum absolute atomic E-state index is 0.190. The van der Waals surface area contributed by atoms with Crippen LogP contribution < -0.4 is 9.73 Å². The molecule has 6 nitrogen and oxygen atoms in total. The van der Waals surface area contributed by atoms with Gasteiger partial charge in [0.25, 0.3) is 5.91 Å². The fourth-order valence-electron chi connectivity index (χ4n) is 2.04. The van der Waals surface area contributed by atoms with Crippen molar-refractivity contribution in [2.24, 2.45) is 5.10 Å². The van der Waals surface area contributed by atoms with E-state index in [1.807, 2.05) is 31.2 Å². The van der Waals surface area contributed by atoms with Crippen LogP contribution in [0.25, 0.3) is 0 Å². The molecular formula is C17H17Cl2N3O3S. The summed E-state index contributed by atoms with van der Waals surface area (Å²) in [6.07, 6.45) is 2.47. The number of carbonyl (C=O) groups excluding carboxylic acids is 1. The summed E-state index contributed by atoms with van der Waals surface area (Å²) in [4.78, 5) is 12.1. The van der Waals surface area contributed by atoms with Gasteiger partial charge in [-0.1, -0.05) is 53.0 Å². The average Bonchev–Trinajstić information content (AvgIpc) is 2.56. The van der Waals surface area contributed by atoms with E-state index < -0.39 is 22.5 Å². The summed E-state index contributed by atoms with van der Waals surface area (Å²) in [5, 5.41) is 4.32. The number of halogens is 2. The van der Waals surface area contributed by atoms with Gasteiger partial charge in [-0.25, -0.2) is 13.8 Å². The van der Waals surface area contributed by atoms with Crippen molar-refractivity contribution >= 4 is 51.0 Å². The molecule has 138 valence electrons. The number of amides is 1. The number of sulfonamides is 1. The highest BCUT2D eigenvalue weighted by Gasteiger charge is 2.21. The van der Waals surface area contributed by atoms with Gasteiger partial charge < -0.3 is 0 Å². The van der Waals surface area contributed by atoms with Crippen LogP contribution in [0.3, 0.4) is 0 Å². The van der Waals surface area contributed by atoms with Crippen molar-refractivity contribution in [1.29, 1.82) is 0 Å². The molecule has 0 saturated heterocycles. The smallest absolute Gasteiger partial charge is 0.260 e. The SMILES string of the molecule is Cc1ccc(/C=N\NC(=O)CN(c2ccc(Cl)c(Cl)c2)S(C)(=O)=O)cc1. The maximum Gasteiger partial charge on any atom is 0.260 e. The van der Waals surface area contributed by atoms with Crippen LogP contribution in [0.2, 0.25) is 10.0 Å². The van der Waals surface area contributed by atoms with E-state index in [1.165, 1.54) is 24.4 Å². The lowest BCUT2D eigenvalue weighted by Crippen LogP contribution is -2.39. The highest BCUT2D eigenvalue weighted by atomic mass is 35.5. The van der Waals surface area contributed by atoms with Crippen LogP contribution >= 0.6 is 23.2 Å². The molecule has 0 saturated carbocycles. The van der Waals surface area contributed by atoms with Crippen molar-refractivity contribution in [2.45, 2.75) is 6.92 Å². The summed E-state index contributed by atoms with van der Waals surface area (Å²) in [6, 6.07) is 11.8. The number of nitrogens with zero attached hydrogens (tertiary/aromatic N) is 2. The first-order valence-corrected chi connectivity index (χ1v) is 10.1. The van der Waals surface area contributed by atoms with E-state index in [-0.39, 0.29) is 15.7 Å². The first kappa shape index (κ1) is 20.2. The van der Waals surface area contributed by atoms with Gasteiger partial charge in [-0.05, 0) is 30.7 Å². The summed E-state index contributed by atoms with van der Waals surface area (Å²) in [5.74, 6) is -0.593. The second-order valence-electron chi connectivity index (χ2n) is 5.57. The lowest BCUT2D eigenvalue weighted by molar-refractivity contribution is -0.119. The predicted octanol–water partition coefficient (Wildman–Crippen LogP) is 3.22. The highest BCUT2D eigenvalue weighted by molar-refractivity contribution is 7.92. The van der Waals surface area contributed by atoms with Gasteiger partial charge in [0, 0.05) is 0 Å². The van der Waals surface area contributed by atoms with E-state index in [0.717, 1.165) is 21.7 Å². The molecule has 1 N–H and O–H groups in total. The molecule has 0 unspecified atom stereocenters. The number of anilines is 1. The van der Waals surface area contributed by atoms with E-state index in [9.17, 15) is 13.2 Å². The molecule has 26 heavy (non-hydrogen) atoms. The summed E-state index contributed by atoms with van der Waals surface area (Å²) < 4.78 is 25.0. The molecule has 0 aromatic heterocycles. The Morgan fingerprint density at radius 1 is 1.15 bits per heavy atom. The standard InChI is InChI=1S/C17H17Cl2N3O3S/c1-12-3-5-13(6-4-12)10-20-21-17(23)11-22(26(2,24)25)14-7-8-15(18)16(19)9-14/h3-10H,11H2,1-2H3,(H,21,23)/b20-10-. The largest absolute Gasteiger partial charge is 0.271 e. The van der Waals surface area contributed by atoms with Crippen LogP contribution in [-0.2, 0) is 14.8 Å². The molecule has 2 aromatic rings. The van der Waals surface area contributed by atoms with Crippen LogP contribution in [0.1, 0.15) is 11.1 Å². The molecule has 0 bridgehead atoms. The maximum atomic E-state index is 12.1. The minimum Gasteiger partial charge on any atom is -0.271 e. The summed E-state index contributed by atoms with van der Waals surface area (Å²) in [5.41, 5.74) is 4.46. The number of aryl methyl sites for hydroxylation is 1. The van der Waals surface area contributed by atoms with Gasteiger partial charge in [-0.15, -0.1) is 0 Å². The molecule has 0 aliphatic carbocycles. The fraction of sp³-hybridized carbons (Fsp3) is 0.176. The van der Waals surface area contributed by atoms with Crippen LogP contribution in [0.15, 0.2) is 47.6 Å². The molecule has 0 aliphatic heterocycles. The van der Waals surface area contributed by atoms with E-state index >= 15 is 0 Å². The Bertz CT molecular complexity index is 929. The van der Waals surface area contributed by atoms with Crippen molar-refractivity contribution in [1.82, 2.24) is 5.43 Å². The average molecular weight is 414 g/mol. The van der Waals surface area contributed by atoms with Crippen LogP contribution in [0, 0.1) is 6.92 Å². The monoisotopic (exact) mass is 413 g/mol. The predicted molar refractivity (Wildman–Crippen MR) is 106 cm³/mol. The molecule has 2 aromatic carbocycles. The Labute approximate surface area is 162 Å². The van der Waals surface area contributed by atoms with Gasteiger partial charge in [0.2, 0.25) is 10.0 Å². The molecule has 0 heterocycles. The van der Waals surface area contributed by atoms with Gasteiger partial charge >= 0.3 is 0 Å². The molecule has 0 atom stereocenters. The topological polar surface area (TPSA) is 78.8 Å². The van der Waals surface area contributed by atoms with Gasteiger partial charge in [-0.2, -0.15) is 5.10 Å². The van der Waals surface area contributed by atoms with Crippen molar-refractivity contribution in [3.8, 4) is 0 Å². The molecule has 0 aliphatic rings. The van der Waals surface area contributed by atoms with Gasteiger partial charge in [0.1, 0.15) is 6.54 Å². The number of nitrogens with one attached hydrogen (secondary N) is 1. The lowest BCUT2D eigenvalue weighted by Gasteiger charge is -2.21. The number of hydrogen-bond donors (Lipinski definition) is 1. The number of hydrogen-bond acceptors (Lipinski definition) is 4. The third-order valence-corrected chi connectivity index (χ3v) is 5.24. The third kappa shape index (κ3) is 5.72. The Kier molecular flexibility index (Phi) is 6.63. The normalized spacial score (nSPS) is 11.5. The Morgan fingerprint density at radius 2 is 1.81 bits per heavy atom. The summed E-state index contributed by atoms with van der Waals surface area (Å²) >= 11 is 11.8. The third-order valence-electron chi connectivity index (χ3n) is 3.36. The van der Waals surface area contributed by atoms with Crippen molar-refractivity contribution in [3.05, 3.63) is 63.6 Å². The first-order chi connectivity index (χ1) is 12.2. The van der Waals surface area contributed by atoms with E-state index in [2.05, 4.69) is 10.5 Å². The molecular weight excluding hydrogens is 397 g/mol. The zero-order chi connectivity index (χ0) is 19.3. The lowest BCUT2D eigenvalue weighted by atomic mass is 10.2. The van der Waals surface area contributed by atoms with Crippen molar-refractivity contribution < 1.29 is 13.2 Å². The maximum absolute atomic E-state index is 12.1. The fourth-order valence-corrected chi connectivity index (χ4v) is 3.18. The van der Waals surface area contributed by atoms with Gasteiger partial charge in [0.05, 0.1) is 28.2 Å². The van der Waals surface area contributed by atoms with E-state index in [4.69, 9.17) is 23.2 Å². The number of hydrazone groups is 1. The highest BCUT2D eigenvalue weighted by Crippen LogP contribution is 2.28. The van der Waals surface area contributed by atoms with Crippen LogP contribution in [-0.4, -0.2) is 33.3 Å². The molecule has 0 radical (unpaired) electrons. The number of benzene rings is 2. The van der Waals surface area contributed by atoms with Crippen molar-refractivity contribution in [3.63, 3.8) is 0 Å². The summed E-state index contributed by atoms with van der Waals surface area (Å²) in [7, 11) is -3.71. The molecule has 0 spiro atoms. The Morgan fingerprint density at radius 3 is 2.38 bits per heavy atom. The number of rotatable bonds is 6. The minimum atomic E-state index is -3.71. The number of carbonyl (C=O) groups is 1. The molecule has 1 amide bonds. The van der Waals surface area contributed by atoms with Gasteiger partial charge in [0.15, 0.2) is 0 Å². The molecule has 2 rings (SSSR count). The Hall–Kier alpha value is -2.09. The molecule has 0 fully saturated rings. The van der Waals surface area contributed by atoms with Gasteiger partial charge in [-0.3, -0.25) is 9.10 Å². The zero-order valence-corrected chi connectivity index (χ0v) is 16.4. The van der Waals surface area contributed by atoms with Crippen LogP contribution in [0.5, 0.6) is 0 Å². The second kappa shape index (κ2) is 8.53. The van der Waals surface area contributed by atoms with E-state index in [1.54, 1.807) is 0 Å². The van der Waals surface area contributed by atoms with Crippen molar-refractivity contribution in [2.75, 3.05) is 17.1 Å². The Balaban J connectivity index is 2.09.